The summed E-state index contributed by atoms with van der Waals surface area (Å²) in [7, 11) is -3.61. The van der Waals surface area contributed by atoms with Crippen LogP contribution in [0.3, 0.4) is 0 Å². The molecular formula is C16H26N2O4S. The number of carbonyl (C=O) groups is 1. The van der Waals surface area contributed by atoms with Gasteiger partial charge in [-0.2, -0.15) is 0 Å². The zero-order valence-corrected chi connectivity index (χ0v) is 14.7. The number of aliphatic hydroxyl groups is 1. The Kier molecular flexibility index (Phi) is 7.18. The lowest BCUT2D eigenvalue weighted by Crippen LogP contribution is -2.31. The maximum absolute atomic E-state index is 12.2. The van der Waals surface area contributed by atoms with Crippen molar-refractivity contribution in [3.8, 4) is 0 Å². The number of sulfonamides is 1. The Morgan fingerprint density at radius 3 is 2.26 bits per heavy atom. The van der Waals surface area contributed by atoms with Crippen LogP contribution in [-0.4, -0.2) is 39.1 Å². The highest BCUT2D eigenvalue weighted by Crippen LogP contribution is 2.23. The van der Waals surface area contributed by atoms with Crippen molar-refractivity contribution < 1.29 is 18.3 Å². The van der Waals surface area contributed by atoms with Crippen LogP contribution in [0, 0.1) is 0 Å². The first-order valence-corrected chi connectivity index (χ1v) is 9.13. The number of hydrogen-bond acceptors (Lipinski definition) is 4. The van der Waals surface area contributed by atoms with Crippen LogP contribution in [0.4, 0.5) is 0 Å². The highest BCUT2D eigenvalue weighted by atomic mass is 32.2. The summed E-state index contributed by atoms with van der Waals surface area (Å²) in [6.07, 6.45) is 0.544. The summed E-state index contributed by atoms with van der Waals surface area (Å²) >= 11 is 0. The van der Waals surface area contributed by atoms with Crippen LogP contribution in [-0.2, 0) is 20.2 Å². The zero-order valence-electron chi connectivity index (χ0n) is 13.9. The summed E-state index contributed by atoms with van der Waals surface area (Å²) in [5.41, 5.74) is 1.02. The summed E-state index contributed by atoms with van der Waals surface area (Å²) < 4.78 is 26.7. The SMILES string of the molecule is CC(C)(C)c1ccc(S(=O)(=O)NCCC(=O)NCCCO)cc1. The van der Waals surface area contributed by atoms with Gasteiger partial charge in [-0.15, -0.1) is 0 Å². The first-order chi connectivity index (χ1) is 10.7. The van der Waals surface area contributed by atoms with E-state index in [2.05, 4.69) is 30.8 Å². The molecule has 130 valence electrons. The maximum Gasteiger partial charge on any atom is 0.240 e. The molecule has 0 saturated heterocycles. The topological polar surface area (TPSA) is 95.5 Å². The molecule has 0 spiro atoms. The highest BCUT2D eigenvalue weighted by Gasteiger charge is 2.17. The molecule has 0 radical (unpaired) electrons. The molecule has 1 amide bonds. The van der Waals surface area contributed by atoms with E-state index in [1.807, 2.05) is 0 Å². The Balaban J connectivity index is 2.54. The zero-order chi connectivity index (χ0) is 17.5. The van der Waals surface area contributed by atoms with Crippen LogP contribution in [0.15, 0.2) is 29.2 Å². The number of aliphatic hydroxyl groups excluding tert-OH is 1. The van der Waals surface area contributed by atoms with Crippen LogP contribution in [0.5, 0.6) is 0 Å². The van der Waals surface area contributed by atoms with Crippen molar-refractivity contribution in [2.75, 3.05) is 19.7 Å². The van der Waals surface area contributed by atoms with Gasteiger partial charge < -0.3 is 10.4 Å². The number of rotatable bonds is 8. The fourth-order valence-electron chi connectivity index (χ4n) is 1.91. The van der Waals surface area contributed by atoms with Gasteiger partial charge in [-0.05, 0) is 29.5 Å². The van der Waals surface area contributed by atoms with E-state index in [1.54, 1.807) is 24.3 Å². The molecule has 7 heteroatoms. The summed E-state index contributed by atoms with van der Waals surface area (Å²) in [6.45, 7) is 6.61. The van der Waals surface area contributed by atoms with Gasteiger partial charge in [0.15, 0.2) is 0 Å². The number of amides is 1. The molecule has 3 N–H and O–H groups in total. The van der Waals surface area contributed by atoms with Crippen molar-refractivity contribution in [1.29, 1.82) is 0 Å². The molecule has 0 atom stereocenters. The molecule has 0 bridgehead atoms. The molecule has 6 nitrogen and oxygen atoms in total. The van der Waals surface area contributed by atoms with E-state index in [4.69, 9.17) is 5.11 Å². The fourth-order valence-corrected chi connectivity index (χ4v) is 2.94. The van der Waals surface area contributed by atoms with Gasteiger partial charge in [-0.1, -0.05) is 32.9 Å². The molecule has 0 aromatic heterocycles. The van der Waals surface area contributed by atoms with E-state index >= 15 is 0 Å². The van der Waals surface area contributed by atoms with E-state index in [9.17, 15) is 13.2 Å². The lowest BCUT2D eigenvalue weighted by Gasteiger charge is -2.19. The standard InChI is InChI=1S/C16H26N2O4S/c1-16(2,3)13-5-7-14(8-6-13)23(21,22)18-11-9-15(20)17-10-4-12-19/h5-8,18-19H,4,9-12H2,1-3H3,(H,17,20). The third kappa shape index (κ3) is 6.68. The minimum atomic E-state index is -3.61. The van der Waals surface area contributed by atoms with Gasteiger partial charge in [0.05, 0.1) is 4.90 Å². The van der Waals surface area contributed by atoms with Gasteiger partial charge in [0.25, 0.3) is 0 Å². The molecule has 0 aliphatic heterocycles. The minimum Gasteiger partial charge on any atom is -0.396 e. The van der Waals surface area contributed by atoms with Crippen LogP contribution in [0.25, 0.3) is 0 Å². The van der Waals surface area contributed by atoms with E-state index in [1.165, 1.54) is 0 Å². The number of carbonyl (C=O) groups excluding carboxylic acids is 1. The maximum atomic E-state index is 12.2. The van der Waals surface area contributed by atoms with Crippen molar-refractivity contribution in [2.45, 2.75) is 43.9 Å². The molecule has 0 aliphatic carbocycles. The summed E-state index contributed by atoms with van der Waals surface area (Å²) in [6, 6.07) is 6.75. The molecule has 0 saturated carbocycles. The molecule has 0 unspecified atom stereocenters. The largest absolute Gasteiger partial charge is 0.396 e. The third-order valence-corrected chi connectivity index (χ3v) is 4.81. The summed E-state index contributed by atoms with van der Waals surface area (Å²) in [5, 5.41) is 11.2. The number of hydrogen-bond donors (Lipinski definition) is 3. The second-order valence-electron chi connectivity index (χ2n) is 6.35. The lowest BCUT2D eigenvalue weighted by atomic mass is 9.87. The van der Waals surface area contributed by atoms with Crippen LogP contribution >= 0.6 is 0 Å². The van der Waals surface area contributed by atoms with Crippen molar-refractivity contribution in [3.63, 3.8) is 0 Å². The number of benzene rings is 1. The van der Waals surface area contributed by atoms with Crippen molar-refractivity contribution in [3.05, 3.63) is 29.8 Å². The van der Waals surface area contributed by atoms with Gasteiger partial charge in [-0.3, -0.25) is 4.79 Å². The Morgan fingerprint density at radius 2 is 1.74 bits per heavy atom. The van der Waals surface area contributed by atoms with Gasteiger partial charge in [0.1, 0.15) is 0 Å². The van der Waals surface area contributed by atoms with E-state index < -0.39 is 10.0 Å². The van der Waals surface area contributed by atoms with E-state index in [0.717, 1.165) is 5.56 Å². The molecule has 0 heterocycles. The van der Waals surface area contributed by atoms with Gasteiger partial charge in [0, 0.05) is 26.1 Å². The lowest BCUT2D eigenvalue weighted by molar-refractivity contribution is -0.120. The molecule has 1 aromatic carbocycles. The summed E-state index contributed by atoms with van der Waals surface area (Å²) in [5.74, 6) is -0.246. The summed E-state index contributed by atoms with van der Waals surface area (Å²) in [4.78, 5) is 11.7. The smallest absolute Gasteiger partial charge is 0.240 e. The highest BCUT2D eigenvalue weighted by molar-refractivity contribution is 7.89. The molecule has 0 aliphatic rings. The normalized spacial score (nSPS) is 12.2. The first kappa shape index (κ1) is 19.6. The van der Waals surface area contributed by atoms with Crippen molar-refractivity contribution in [2.24, 2.45) is 0 Å². The van der Waals surface area contributed by atoms with Gasteiger partial charge >= 0.3 is 0 Å². The van der Waals surface area contributed by atoms with Crippen LogP contribution < -0.4 is 10.0 Å². The van der Waals surface area contributed by atoms with Crippen molar-refractivity contribution >= 4 is 15.9 Å². The van der Waals surface area contributed by atoms with E-state index in [-0.39, 0.29) is 35.8 Å². The molecule has 23 heavy (non-hydrogen) atoms. The Morgan fingerprint density at radius 1 is 1.13 bits per heavy atom. The van der Waals surface area contributed by atoms with Crippen molar-refractivity contribution in [1.82, 2.24) is 10.0 Å². The number of nitrogens with one attached hydrogen (secondary N) is 2. The molecule has 1 aromatic rings. The second-order valence-corrected chi connectivity index (χ2v) is 8.12. The van der Waals surface area contributed by atoms with Crippen LogP contribution in [0.2, 0.25) is 0 Å². The second kappa shape index (κ2) is 8.42. The minimum absolute atomic E-state index is 0.0114. The Labute approximate surface area is 138 Å². The average molecular weight is 342 g/mol. The average Bonchev–Trinajstić information content (AvgIpc) is 2.46. The monoisotopic (exact) mass is 342 g/mol. The Bertz CT molecular complexity index is 604. The molecule has 1 rings (SSSR count). The molecule has 0 fully saturated rings. The van der Waals surface area contributed by atoms with Gasteiger partial charge in [-0.25, -0.2) is 13.1 Å². The van der Waals surface area contributed by atoms with E-state index in [0.29, 0.717) is 13.0 Å². The fraction of sp³-hybridized carbons (Fsp3) is 0.562. The third-order valence-electron chi connectivity index (χ3n) is 3.33. The van der Waals surface area contributed by atoms with Crippen LogP contribution in [0.1, 0.15) is 39.2 Å². The Hall–Kier alpha value is -1.44. The van der Waals surface area contributed by atoms with Gasteiger partial charge in [0.2, 0.25) is 15.9 Å². The quantitative estimate of drug-likeness (QED) is 0.618. The first-order valence-electron chi connectivity index (χ1n) is 7.64. The predicted octanol–water partition coefficient (Wildman–Crippen LogP) is 1.15. The predicted molar refractivity (Wildman–Crippen MR) is 89.7 cm³/mol. The molecular weight excluding hydrogens is 316 g/mol.